The molecule has 212 valence electrons. The Morgan fingerprint density at radius 2 is 1.18 bits per heavy atom. The number of hydrogen-bond acceptors (Lipinski definition) is 1. The molecule has 0 fully saturated rings. The molecule has 0 N–H and O–H groups in total. The largest absolute Gasteiger partial charge is 0.144 e. The monoisotopic (exact) mass is 590 g/mol. The van der Waals surface area contributed by atoms with E-state index >= 15 is 0 Å². The predicted octanol–water partition coefficient (Wildman–Crippen LogP) is 12.8. The topological polar surface area (TPSA) is 0 Å². The first-order valence-electron chi connectivity index (χ1n) is 15.7. The molecule has 1 aliphatic carbocycles. The Labute approximate surface area is 267 Å². The van der Waals surface area contributed by atoms with Crippen LogP contribution in [0, 0.1) is 0 Å². The molecule has 0 bridgehead atoms. The van der Waals surface area contributed by atoms with E-state index in [4.69, 9.17) is 0 Å². The van der Waals surface area contributed by atoms with Crippen LogP contribution in [0.1, 0.15) is 17.5 Å². The highest BCUT2D eigenvalue weighted by molar-refractivity contribution is 7.13. The second-order valence-corrected chi connectivity index (χ2v) is 12.9. The third kappa shape index (κ3) is 4.35. The molecule has 0 saturated heterocycles. The molecule has 9 rings (SSSR count). The molecular formula is C44H30S. The van der Waals surface area contributed by atoms with E-state index in [9.17, 15) is 0 Å². The van der Waals surface area contributed by atoms with E-state index in [1.54, 1.807) is 0 Å². The van der Waals surface area contributed by atoms with Gasteiger partial charge in [-0.15, -0.1) is 11.3 Å². The van der Waals surface area contributed by atoms with Crippen molar-refractivity contribution in [3.63, 3.8) is 0 Å². The molecule has 0 nitrogen and oxygen atoms in total. The normalized spacial score (nSPS) is 12.6. The van der Waals surface area contributed by atoms with Crippen LogP contribution in [0.5, 0.6) is 0 Å². The van der Waals surface area contributed by atoms with Crippen molar-refractivity contribution < 1.29 is 0 Å². The molecule has 1 heterocycles. The van der Waals surface area contributed by atoms with Crippen LogP contribution >= 0.6 is 11.3 Å². The van der Waals surface area contributed by atoms with Gasteiger partial charge >= 0.3 is 0 Å². The third-order valence-corrected chi connectivity index (χ3v) is 10.3. The number of benzene rings is 7. The van der Waals surface area contributed by atoms with Gasteiger partial charge in [0.25, 0.3) is 0 Å². The van der Waals surface area contributed by atoms with Crippen molar-refractivity contribution in [2.45, 2.75) is 12.8 Å². The zero-order valence-electron chi connectivity index (χ0n) is 24.8. The van der Waals surface area contributed by atoms with E-state index in [1.807, 2.05) is 11.3 Å². The van der Waals surface area contributed by atoms with Crippen LogP contribution in [0.15, 0.2) is 151 Å². The van der Waals surface area contributed by atoms with Crippen molar-refractivity contribution in [2.75, 3.05) is 0 Å². The van der Waals surface area contributed by atoms with Crippen molar-refractivity contribution in [3.05, 3.63) is 162 Å². The van der Waals surface area contributed by atoms with Crippen molar-refractivity contribution in [1.82, 2.24) is 0 Å². The Kier molecular flexibility index (Phi) is 6.25. The first-order valence-corrected chi connectivity index (χ1v) is 16.6. The number of rotatable bonds is 4. The lowest BCUT2D eigenvalue weighted by Crippen LogP contribution is -2.02. The summed E-state index contributed by atoms with van der Waals surface area (Å²) in [7, 11) is 0. The SMILES string of the molecule is C1=Cc2c(c(-c3ccc4ccccc4c3)c3ccccc3c2-c2cccc(-c3ccc4ccccc4c3-c3cccs3)c2)CC1. The number of allylic oxidation sites excluding steroid dienone is 1. The average Bonchev–Trinajstić information content (AvgIpc) is 3.65. The molecule has 45 heavy (non-hydrogen) atoms. The molecule has 0 atom stereocenters. The van der Waals surface area contributed by atoms with Crippen molar-refractivity contribution in [3.8, 4) is 43.8 Å². The summed E-state index contributed by atoms with van der Waals surface area (Å²) in [6.45, 7) is 0. The second-order valence-electron chi connectivity index (χ2n) is 12.0. The van der Waals surface area contributed by atoms with Gasteiger partial charge in [0.15, 0.2) is 0 Å². The van der Waals surface area contributed by atoms with Crippen LogP contribution < -0.4 is 0 Å². The third-order valence-electron chi connectivity index (χ3n) is 9.40. The zero-order valence-corrected chi connectivity index (χ0v) is 25.7. The van der Waals surface area contributed by atoms with Crippen molar-refractivity contribution in [1.29, 1.82) is 0 Å². The molecule has 0 spiro atoms. The van der Waals surface area contributed by atoms with Gasteiger partial charge in [0.05, 0.1) is 0 Å². The Bertz CT molecular complexity index is 2420. The summed E-state index contributed by atoms with van der Waals surface area (Å²) in [5.74, 6) is 0. The summed E-state index contributed by atoms with van der Waals surface area (Å²) < 4.78 is 0. The minimum atomic E-state index is 1.04. The van der Waals surface area contributed by atoms with Gasteiger partial charge in [-0.3, -0.25) is 0 Å². The van der Waals surface area contributed by atoms with Gasteiger partial charge in [-0.1, -0.05) is 133 Å². The van der Waals surface area contributed by atoms with Gasteiger partial charge in [-0.25, -0.2) is 0 Å². The second kappa shape index (κ2) is 10.7. The molecule has 0 amide bonds. The Hall–Kier alpha value is -5.24. The van der Waals surface area contributed by atoms with E-state index in [-0.39, 0.29) is 0 Å². The average molecular weight is 591 g/mol. The lowest BCUT2D eigenvalue weighted by atomic mass is 9.79. The first-order chi connectivity index (χ1) is 22.3. The minimum Gasteiger partial charge on any atom is -0.144 e. The van der Waals surface area contributed by atoms with Crippen LogP contribution in [0.25, 0.3) is 82.2 Å². The van der Waals surface area contributed by atoms with Gasteiger partial charge in [-0.05, 0) is 113 Å². The van der Waals surface area contributed by atoms with Gasteiger partial charge < -0.3 is 0 Å². The minimum absolute atomic E-state index is 1.04. The highest BCUT2D eigenvalue weighted by Gasteiger charge is 2.22. The summed E-state index contributed by atoms with van der Waals surface area (Å²) >= 11 is 1.81. The predicted molar refractivity (Wildman–Crippen MR) is 196 cm³/mol. The molecule has 1 aromatic heterocycles. The van der Waals surface area contributed by atoms with Crippen LogP contribution in [-0.2, 0) is 6.42 Å². The van der Waals surface area contributed by atoms with Gasteiger partial charge in [0.2, 0.25) is 0 Å². The van der Waals surface area contributed by atoms with Crippen LogP contribution in [0.3, 0.4) is 0 Å². The maximum atomic E-state index is 2.42. The number of hydrogen-bond donors (Lipinski definition) is 0. The van der Waals surface area contributed by atoms with Crippen LogP contribution in [0.2, 0.25) is 0 Å². The Balaban J connectivity index is 1.30. The molecule has 0 saturated carbocycles. The van der Waals surface area contributed by atoms with Crippen molar-refractivity contribution in [2.24, 2.45) is 0 Å². The fraction of sp³-hybridized carbons (Fsp3) is 0.0455. The quantitative estimate of drug-likeness (QED) is 0.191. The smallest absolute Gasteiger partial charge is 0.0355 e. The summed E-state index contributed by atoms with van der Waals surface area (Å²) in [4.78, 5) is 1.30. The molecule has 7 aromatic carbocycles. The Morgan fingerprint density at radius 3 is 2.02 bits per heavy atom. The summed E-state index contributed by atoms with van der Waals surface area (Å²) in [5, 5.41) is 9.95. The molecule has 0 radical (unpaired) electrons. The van der Waals surface area contributed by atoms with E-state index in [0.717, 1.165) is 12.8 Å². The van der Waals surface area contributed by atoms with Crippen molar-refractivity contribution >= 4 is 49.7 Å². The fourth-order valence-corrected chi connectivity index (χ4v) is 8.21. The standard InChI is InChI=1S/C44H30S/c1-2-13-31-27-34(23-22-29(31)11-1)43-39-19-7-5-17-37(39)42(38-18-6-8-20-40(38)43)33-15-9-14-32(28-33)36-25-24-30-12-3-4-16-35(30)44(36)41-21-10-26-45-41/h1-7,9-19,21-28H,8,20H2. The number of fused-ring (bicyclic) bond motifs is 4. The van der Waals surface area contributed by atoms with E-state index < -0.39 is 0 Å². The van der Waals surface area contributed by atoms with E-state index in [0.29, 0.717) is 0 Å². The highest BCUT2D eigenvalue weighted by Crippen LogP contribution is 2.46. The van der Waals surface area contributed by atoms with Crippen LogP contribution in [0.4, 0.5) is 0 Å². The number of thiophene rings is 1. The molecule has 1 heteroatoms. The first kappa shape index (κ1) is 26.2. The lowest BCUT2D eigenvalue weighted by Gasteiger charge is -2.24. The maximum absolute atomic E-state index is 2.42. The molecular weight excluding hydrogens is 561 g/mol. The van der Waals surface area contributed by atoms with E-state index in [2.05, 4.69) is 157 Å². The lowest BCUT2D eigenvalue weighted by molar-refractivity contribution is 0.991. The van der Waals surface area contributed by atoms with Gasteiger partial charge in [-0.2, -0.15) is 0 Å². The van der Waals surface area contributed by atoms with Gasteiger partial charge in [0, 0.05) is 10.4 Å². The maximum Gasteiger partial charge on any atom is 0.0355 e. The molecule has 8 aromatic rings. The van der Waals surface area contributed by atoms with Crippen LogP contribution in [-0.4, -0.2) is 0 Å². The molecule has 0 aliphatic heterocycles. The highest BCUT2D eigenvalue weighted by atomic mass is 32.1. The summed E-state index contributed by atoms with van der Waals surface area (Å²) in [5.41, 5.74) is 11.9. The fourth-order valence-electron chi connectivity index (χ4n) is 7.41. The van der Waals surface area contributed by atoms with Gasteiger partial charge in [0.1, 0.15) is 0 Å². The summed E-state index contributed by atoms with van der Waals surface area (Å²) in [6, 6.07) is 51.7. The molecule has 1 aliphatic rings. The van der Waals surface area contributed by atoms with E-state index in [1.165, 1.54) is 87.3 Å². The zero-order chi connectivity index (χ0) is 29.7. The Morgan fingerprint density at radius 1 is 0.467 bits per heavy atom. The molecule has 0 unspecified atom stereocenters. The summed E-state index contributed by atoms with van der Waals surface area (Å²) in [6.07, 6.45) is 6.84.